The van der Waals surface area contributed by atoms with Gasteiger partial charge in [0.2, 0.25) is 0 Å². The number of para-hydroxylation sites is 1. The number of nitrogens with one attached hydrogen (secondary N) is 1. The summed E-state index contributed by atoms with van der Waals surface area (Å²) in [6, 6.07) is 15.0. The van der Waals surface area contributed by atoms with Gasteiger partial charge in [0.25, 0.3) is 5.91 Å². The van der Waals surface area contributed by atoms with Crippen LogP contribution in [0.4, 0.5) is 0 Å². The fourth-order valence-electron chi connectivity index (χ4n) is 3.21. The molecule has 0 aliphatic heterocycles. The highest BCUT2D eigenvalue weighted by molar-refractivity contribution is 5.94. The Morgan fingerprint density at radius 1 is 1.21 bits per heavy atom. The van der Waals surface area contributed by atoms with Crippen molar-refractivity contribution in [2.24, 2.45) is 5.92 Å². The Kier molecular flexibility index (Phi) is 5.29. The number of aryl methyl sites for hydroxylation is 1. The van der Waals surface area contributed by atoms with Crippen LogP contribution < -0.4 is 5.32 Å². The second-order valence-electron chi connectivity index (χ2n) is 7.08. The molecule has 1 aromatic carbocycles. The number of hydrogen-bond acceptors (Lipinski definition) is 4. The summed E-state index contributed by atoms with van der Waals surface area (Å²) < 4.78 is 9.19. The van der Waals surface area contributed by atoms with E-state index in [-0.39, 0.29) is 11.8 Å². The zero-order valence-electron chi connectivity index (χ0n) is 16.4. The second kappa shape index (κ2) is 8.18. The molecule has 7 heteroatoms. The molecular formula is C22H23N5O2. The number of benzene rings is 1. The predicted molar refractivity (Wildman–Crippen MR) is 110 cm³/mol. The van der Waals surface area contributed by atoms with Gasteiger partial charge in [-0.05, 0) is 37.1 Å². The van der Waals surface area contributed by atoms with Crippen LogP contribution in [0.2, 0.25) is 0 Å². The van der Waals surface area contributed by atoms with E-state index in [1.54, 1.807) is 29.3 Å². The minimum Gasteiger partial charge on any atom is -0.463 e. The van der Waals surface area contributed by atoms with E-state index in [1.807, 2.05) is 49.5 Å². The Hall–Kier alpha value is -3.61. The van der Waals surface area contributed by atoms with Gasteiger partial charge in [-0.15, -0.1) is 0 Å². The van der Waals surface area contributed by atoms with E-state index < -0.39 is 0 Å². The van der Waals surface area contributed by atoms with Crippen molar-refractivity contribution in [1.82, 2.24) is 24.6 Å². The number of carbonyl (C=O) groups excluding carboxylic acids is 1. The number of rotatable bonds is 7. The van der Waals surface area contributed by atoms with Gasteiger partial charge in [-0.1, -0.05) is 25.1 Å². The smallest absolute Gasteiger partial charge is 0.270 e. The van der Waals surface area contributed by atoms with Crippen molar-refractivity contribution < 1.29 is 9.21 Å². The molecule has 0 spiro atoms. The van der Waals surface area contributed by atoms with Crippen LogP contribution in [0.15, 0.2) is 71.6 Å². The summed E-state index contributed by atoms with van der Waals surface area (Å²) in [5.41, 5.74) is 1.90. The molecule has 0 saturated carbocycles. The lowest BCUT2D eigenvalue weighted by molar-refractivity contribution is 0.0939. The molecule has 1 amide bonds. The Morgan fingerprint density at radius 3 is 2.72 bits per heavy atom. The van der Waals surface area contributed by atoms with E-state index in [0.29, 0.717) is 23.7 Å². The average molecular weight is 389 g/mol. The molecule has 7 nitrogen and oxygen atoms in total. The van der Waals surface area contributed by atoms with Gasteiger partial charge in [0.05, 0.1) is 12.0 Å². The van der Waals surface area contributed by atoms with Gasteiger partial charge < -0.3 is 14.3 Å². The molecule has 0 fully saturated rings. The van der Waals surface area contributed by atoms with Crippen LogP contribution in [0.3, 0.4) is 0 Å². The normalized spacial score (nSPS) is 12.1. The number of carbonyl (C=O) groups is 1. The van der Waals surface area contributed by atoms with Crippen LogP contribution in [-0.2, 0) is 6.54 Å². The predicted octanol–water partition coefficient (Wildman–Crippen LogP) is 3.70. The Bertz CT molecular complexity index is 1080. The Balaban J connectivity index is 1.53. The summed E-state index contributed by atoms with van der Waals surface area (Å²) in [5, 5.41) is 7.63. The Labute approximate surface area is 169 Å². The second-order valence-corrected chi connectivity index (χ2v) is 7.08. The summed E-state index contributed by atoms with van der Waals surface area (Å²) in [7, 11) is 0. The van der Waals surface area contributed by atoms with Gasteiger partial charge >= 0.3 is 0 Å². The summed E-state index contributed by atoms with van der Waals surface area (Å²) in [5.74, 6) is 1.67. The van der Waals surface area contributed by atoms with Gasteiger partial charge in [-0.2, -0.15) is 5.10 Å². The first-order valence-corrected chi connectivity index (χ1v) is 9.57. The standard InChI is InChI=1S/C22H23N5O2/c1-16(15-26-11-10-23-17(26)2)14-24-22(28)20-13-19(21-9-6-12-29-21)25-27(20)18-7-4-3-5-8-18/h3-13,16H,14-15H2,1-2H3,(H,24,28). The highest BCUT2D eigenvalue weighted by Crippen LogP contribution is 2.22. The van der Waals surface area contributed by atoms with E-state index in [9.17, 15) is 4.79 Å². The van der Waals surface area contributed by atoms with E-state index in [1.165, 1.54) is 0 Å². The number of aromatic nitrogens is 4. The van der Waals surface area contributed by atoms with Crippen molar-refractivity contribution in [3.05, 3.63) is 78.7 Å². The van der Waals surface area contributed by atoms with Crippen molar-refractivity contribution in [3.8, 4) is 17.1 Å². The average Bonchev–Trinajstić information content (AvgIpc) is 3.48. The third-order valence-electron chi connectivity index (χ3n) is 4.76. The molecule has 3 aromatic heterocycles. The summed E-state index contributed by atoms with van der Waals surface area (Å²) in [6.45, 7) is 5.41. The molecule has 4 rings (SSSR count). The molecule has 0 radical (unpaired) electrons. The summed E-state index contributed by atoms with van der Waals surface area (Å²) in [6.07, 6.45) is 5.33. The molecule has 0 bridgehead atoms. The van der Waals surface area contributed by atoms with Gasteiger partial charge in [0, 0.05) is 31.5 Å². The maximum absolute atomic E-state index is 13.0. The third-order valence-corrected chi connectivity index (χ3v) is 4.76. The first-order valence-electron chi connectivity index (χ1n) is 9.57. The molecule has 148 valence electrons. The lowest BCUT2D eigenvalue weighted by Crippen LogP contribution is -2.31. The first kappa shape index (κ1) is 18.7. The quantitative estimate of drug-likeness (QED) is 0.523. The fraction of sp³-hybridized carbons (Fsp3) is 0.227. The maximum atomic E-state index is 13.0. The maximum Gasteiger partial charge on any atom is 0.270 e. The highest BCUT2D eigenvalue weighted by Gasteiger charge is 2.19. The van der Waals surface area contributed by atoms with E-state index in [4.69, 9.17) is 4.42 Å². The van der Waals surface area contributed by atoms with Crippen LogP contribution in [0.5, 0.6) is 0 Å². The number of imidazole rings is 1. The van der Waals surface area contributed by atoms with Crippen molar-refractivity contribution in [3.63, 3.8) is 0 Å². The van der Waals surface area contributed by atoms with Crippen LogP contribution in [0.25, 0.3) is 17.1 Å². The van der Waals surface area contributed by atoms with Gasteiger partial charge in [-0.3, -0.25) is 4.79 Å². The van der Waals surface area contributed by atoms with Crippen molar-refractivity contribution >= 4 is 5.91 Å². The largest absolute Gasteiger partial charge is 0.463 e. The van der Waals surface area contributed by atoms with E-state index >= 15 is 0 Å². The van der Waals surface area contributed by atoms with Gasteiger partial charge in [-0.25, -0.2) is 9.67 Å². The van der Waals surface area contributed by atoms with E-state index in [2.05, 4.69) is 26.9 Å². The number of furan rings is 1. The molecule has 0 saturated heterocycles. The lowest BCUT2D eigenvalue weighted by atomic mass is 10.1. The summed E-state index contributed by atoms with van der Waals surface area (Å²) >= 11 is 0. The van der Waals surface area contributed by atoms with Crippen molar-refractivity contribution in [1.29, 1.82) is 0 Å². The van der Waals surface area contributed by atoms with Crippen LogP contribution in [0.1, 0.15) is 23.2 Å². The Morgan fingerprint density at radius 2 is 2.03 bits per heavy atom. The molecule has 29 heavy (non-hydrogen) atoms. The number of nitrogens with zero attached hydrogens (tertiary/aromatic N) is 4. The minimum atomic E-state index is -0.173. The molecule has 0 aliphatic carbocycles. The number of hydrogen-bond donors (Lipinski definition) is 1. The highest BCUT2D eigenvalue weighted by atomic mass is 16.3. The minimum absolute atomic E-state index is 0.173. The molecule has 1 atom stereocenters. The SMILES string of the molecule is Cc1nccn1CC(C)CNC(=O)c1cc(-c2ccco2)nn1-c1ccccc1. The molecule has 1 unspecified atom stereocenters. The van der Waals surface area contributed by atoms with E-state index in [0.717, 1.165) is 18.1 Å². The molecule has 4 aromatic rings. The lowest BCUT2D eigenvalue weighted by Gasteiger charge is -2.15. The van der Waals surface area contributed by atoms with Gasteiger partial charge in [0.1, 0.15) is 17.2 Å². The molecule has 1 N–H and O–H groups in total. The third kappa shape index (κ3) is 4.13. The zero-order chi connectivity index (χ0) is 20.2. The summed E-state index contributed by atoms with van der Waals surface area (Å²) in [4.78, 5) is 17.2. The van der Waals surface area contributed by atoms with Crippen LogP contribution >= 0.6 is 0 Å². The van der Waals surface area contributed by atoms with Crippen molar-refractivity contribution in [2.45, 2.75) is 20.4 Å². The molecule has 0 aliphatic rings. The topological polar surface area (TPSA) is 77.9 Å². The van der Waals surface area contributed by atoms with Crippen LogP contribution in [-0.4, -0.2) is 31.8 Å². The first-order chi connectivity index (χ1) is 14.1. The fourth-order valence-corrected chi connectivity index (χ4v) is 3.21. The zero-order valence-corrected chi connectivity index (χ0v) is 16.4. The van der Waals surface area contributed by atoms with Crippen molar-refractivity contribution in [2.75, 3.05) is 6.54 Å². The van der Waals surface area contributed by atoms with Crippen LogP contribution in [0, 0.1) is 12.8 Å². The monoisotopic (exact) mass is 389 g/mol. The van der Waals surface area contributed by atoms with Gasteiger partial charge in [0.15, 0.2) is 5.76 Å². The molecule has 3 heterocycles. The molecular weight excluding hydrogens is 366 g/mol. The number of amides is 1.